The van der Waals surface area contributed by atoms with Gasteiger partial charge in [-0.15, -0.1) is 0 Å². The van der Waals surface area contributed by atoms with Gasteiger partial charge in [-0.05, 0) is 23.8 Å². The van der Waals surface area contributed by atoms with Crippen LogP contribution in [0.2, 0.25) is 0 Å². The first kappa shape index (κ1) is 16.6. The molecule has 0 aliphatic rings. The number of nitrogens with one attached hydrogen (secondary N) is 1. The Morgan fingerprint density at radius 2 is 1.78 bits per heavy atom. The summed E-state index contributed by atoms with van der Waals surface area (Å²) in [5.41, 5.74) is 0.484. The van der Waals surface area contributed by atoms with Gasteiger partial charge in [0.05, 0.1) is 17.3 Å². The number of anilines is 1. The SMILES string of the molecule is O=C(Cc1ccc([N+](=O)[O-])cc1)Nc1ccc(Br)cc1C(=O)[O-]. The van der Waals surface area contributed by atoms with Crippen molar-refractivity contribution in [1.29, 1.82) is 0 Å². The van der Waals surface area contributed by atoms with E-state index in [1.54, 1.807) is 6.07 Å². The van der Waals surface area contributed by atoms with Crippen LogP contribution in [0.3, 0.4) is 0 Å². The number of non-ortho nitro benzene ring substituents is 1. The first-order valence-corrected chi connectivity index (χ1v) is 7.20. The number of hydrogen-bond acceptors (Lipinski definition) is 5. The molecule has 118 valence electrons. The molecule has 23 heavy (non-hydrogen) atoms. The van der Waals surface area contributed by atoms with Crippen molar-refractivity contribution in [1.82, 2.24) is 0 Å². The minimum atomic E-state index is -1.41. The summed E-state index contributed by atoms with van der Waals surface area (Å²) in [6.45, 7) is 0. The van der Waals surface area contributed by atoms with E-state index in [4.69, 9.17) is 0 Å². The number of carbonyl (C=O) groups excluding carboxylic acids is 2. The van der Waals surface area contributed by atoms with E-state index in [0.29, 0.717) is 10.0 Å². The number of carboxylic acid groups (broad SMARTS) is 1. The quantitative estimate of drug-likeness (QED) is 0.631. The number of halogens is 1. The molecule has 0 aliphatic carbocycles. The molecule has 8 heteroatoms. The van der Waals surface area contributed by atoms with Crippen LogP contribution in [0.5, 0.6) is 0 Å². The van der Waals surface area contributed by atoms with Gasteiger partial charge in [-0.3, -0.25) is 14.9 Å². The molecule has 0 fully saturated rings. The van der Waals surface area contributed by atoms with Gasteiger partial charge < -0.3 is 15.2 Å². The maximum atomic E-state index is 12.0. The predicted octanol–water partition coefficient (Wildman–Crippen LogP) is 1.90. The van der Waals surface area contributed by atoms with Gasteiger partial charge in [0, 0.05) is 27.9 Å². The molecular weight excluding hydrogens is 368 g/mol. The Labute approximate surface area is 139 Å². The highest BCUT2D eigenvalue weighted by atomic mass is 79.9. The van der Waals surface area contributed by atoms with Crippen LogP contribution in [0.15, 0.2) is 46.9 Å². The molecular formula is C15H10BrN2O5-. The highest BCUT2D eigenvalue weighted by molar-refractivity contribution is 9.10. The van der Waals surface area contributed by atoms with Gasteiger partial charge in [0.2, 0.25) is 5.91 Å². The number of nitro groups is 1. The minimum Gasteiger partial charge on any atom is -0.545 e. The lowest BCUT2D eigenvalue weighted by Gasteiger charge is -2.12. The molecule has 0 aromatic heterocycles. The lowest BCUT2D eigenvalue weighted by Crippen LogP contribution is -2.25. The molecule has 7 nitrogen and oxygen atoms in total. The predicted molar refractivity (Wildman–Crippen MR) is 83.9 cm³/mol. The Kier molecular flexibility index (Phi) is 5.07. The third kappa shape index (κ3) is 4.36. The van der Waals surface area contributed by atoms with E-state index < -0.39 is 16.8 Å². The molecule has 0 radical (unpaired) electrons. The second kappa shape index (κ2) is 7.01. The van der Waals surface area contributed by atoms with E-state index >= 15 is 0 Å². The van der Waals surface area contributed by atoms with Crippen molar-refractivity contribution in [3.8, 4) is 0 Å². The lowest BCUT2D eigenvalue weighted by molar-refractivity contribution is -0.384. The van der Waals surface area contributed by atoms with Crippen molar-refractivity contribution in [2.75, 3.05) is 5.32 Å². The Bertz CT molecular complexity index is 774. The number of benzene rings is 2. The van der Waals surface area contributed by atoms with Crippen LogP contribution in [0.4, 0.5) is 11.4 Å². The first-order valence-electron chi connectivity index (χ1n) is 6.41. The fourth-order valence-electron chi connectivity index (χ4n) is 1.91. The van der Waals surface area contributed by atoms with Crippen molar-refractivity contribution in [2.45, 2.75) is 6.42 Å². The van der Waals surface area contributed by atoms with Gasteiger partial charge in [-0.2, -0.15) is 0 Å². The summed E-state index contributed by atoms with van der Waals surface area (Å²) >= 11 is 3.14. The molecule has 0 aliphatic heterocycles. The van der Waals surface area contributed by atoms with Gasteiger partial charge in [0.1, 0.15) is 0 Å². The number of nitrogens with zero attached hydrogens (tertiary/aromatic N) is 1. The average molecular weight is 378 g/mol. The van der Waals surface area contributed by atoms with Crippen LogP contribution < -0.4 is 10.4 Å². The van der Waals surface area contributed by atoms with Crippen molar-refractivity contribution < 1.29 is 19.6 Å². The number of nitro benzene ring substituents is 1. The van der Waals surface area contributed by atoms with E-state index in [1.807, 2.05) is 0 Å². The first-order chi connectivity index (χ1) is 10.9. The number of hydrogen-bond donors (Lipinski definition) is 1. The van der Waals surface area contributed by atoms with E-state index in [9.17, 15) is 24.8 Å². The normalized spacial score (nSPS) is 10.1. The van der Waals surface area contributed by atoms with Gasteiger partial charge in [0.25, 0.3) is 5.69 Å². The number of carbonyl (C=O) groups is 2. The molecule has 1 N–H and O–H groups in total. The average Bonchev–Trinajstić information content (AvgIpc) is 2.49. The highest BCUT2D eigenvalue weighted by Crippen LogP contribution is 2.21. The molecule has 0 unspecified atom stereocenters. The molecule has 0 spiro atoms. The summed E-state index contributed by atoms with van der Waals surface area (Å²) < 4.78 is 0.546. The highest BCUT2D eigenvalue weighted by Gasteiger charge is 2.10. The molecule has 0 heterocycles. The third-order valence-electron chi connectivity index (χ3n) is 2.99. The summed E-state index contributed by atoms with van der Waals surface area (Å²) in [5, 5.41) is 24.1. The van der Waals surface area contributed by atoms with Crippen molar-refractivity contribution >= 4 is 39.2 Å². The van der Waals surface area contributed by atoms with Crippen LogP contribution in [0.25, 0.3) is 0 Å². The van der Waals surface area contributed by atoms with Crippen LogP contribution >= 0.6 is 15.9 Å². The molecule has 0 atom stereocenters. The summed E-state index contributed by atoms with van der Waals surface area (Å²) in [6, 6.07) is 9.91. The molecule has 0 bridgehead atoms. The molecule has 2 aromatic carbocycles. The Hall–Kier alpha value is -2.74. The van der Waals surface area contributed by atoms with Crippen LogP contribution in [-0.2, 0) is 11.2 Å². The minimum absolute atomic E-state index is 0.0411. The smallest absolute Gasteiger partial charge is 0.269 e. The summed E-state index contributed by atoms with van der Waals surface area (Å²) in [7, 11) is 0. The van der Waals surface area contributed by atoms with Crippen LogP contribution in [0.1, 0.15) is 15.9 Å². The largest absolute Gasteiger partial charge is 0.545 e. The maximum Gasteiger partial charge on any atom is 0.269 e. The second-order valence-corrected chi connectivity index (χ2v) is 5.54. The molecule has 1 amide bonds. The summed E-state index contributed by atoms with van der Waals surface area (Å²) in [4.78, 5) is 33.1. The van der Waals surface area contributed by atoms with Crippen molar-refractivity contribution in [3.05, 3.63) is 68.2 Å². The Morgan fingerprint density at radius 1 is 1.13 bits per heavy atom. The maximum absolute atomic E-state index is 12.0. The van der Waals surface area contributed by atoms with E-state index in [-0.39, 0.29) is 23.4 Å². The van der Waals surface area contributed by atoms with Crippen molar-refractivity contribution in [2.24, 2.45) is 0 Å². The van der Waals surface area contributed by atoms with E-state index in [2.05, 4.69) is 21.2 Å². The zero-order chi connectivity index (χ0) is 17.0. The van der Waals surface area contributed by atoms with Gasteiger partial charge in [-0.1, -0.05) is 28.1 Å². The Morgan fingerprint density at radius 3 is 2.35 bits per heavy atom. The number of rotatable bonds is 5. The molecule has 0 saturated heterocycles. The summed E-state index contributed by atoms with van der Waals surface area (Å²) in [6.07, 6.45) is -0.0411. The Balaban J connectivity index is 2.11. The monoisotopic (exact) mass is 377 g/mol. The van der Waals surface area contributed by atoms with Gasteiger partial charge in [-0.25, -0.2) is 0 Å². The van der Waals surface area contributed by atoms with Crippen molar-refractivity contribution in [3.63, 3.8) is 0 Å². The standard InChI is InChI=1S/C15H11BrN2O5/c16-10-3-6-13(12(8-10)15(20)21)17-14(19)7-9-1-4-11(5-2-9)18(22)23/h1-6,8H,7H2,(H,17,19)(H,20,21)/p-1. The van der Waals surface area contributed by atoms with Gasteiger partial charge in [0.15, 0.2) is 0 Å². The topological polar surface area (TPSA) is 112 Å². The van der Waals surface area contributed by atoms with E-state index in [1.165, 1.54) is 36.4 Å². The second-order valence-electron chi connectivity index (χ2n) is 4.63. The fraction of sp³-hybridized carbons (Fsp3) is 0.0667. The fourth-order valence-corrected chi connectivity index (χ4v) is 2.27. The summed E-state index contributed by atoms with van der Waals surface area (Å²) in [5.74, 6) is -1.85. The number of aromatic carboxylic acids is 1. The zero-order valence-electron chi connectivity index (χ0n) is 11.6. The molecule has 2 aromatic rings. The van der Waals surface area contributed by atoms with Gasteiger partial charge >= 0.3 is 0 Å². The zero-order valence-corrected chi connectivity index (χ0v) is 13.2. The van der Waals surface area contributed by atoms with E-state index in [0.717, 1.165) is 0 Å². The van der Waals surface area contributed by atoms with Crippen LogP contribution in [0, 0.1) is 10.1 Å². The number of amides is 1. The lowest BCUT2D eigenvalue weighted by atomic mass is 10.1. The molecule has 0 saturated carbocycles. The number of carboxylic acids is 1. The third-order valence-corrected chi connectivity index (χ3v) is 3.48. The molecule has 2 rings (SSSR count). The van der Waals surface area contributed by atoms with Crippen LogP contribution in [-0.4, -0.2) is 16.8 Å².